The summed E-state index contributed by atoms with van der Waals surface area (Å²) < 4.78 is 38.7. The van der Waals surface area contributed by atoms with Crippen LogP contribution in [0.2, 0.25) is 0 Å². The van der Waals surface area contributed by atoms with Gasteiger partial charge in [0, 0.05) is 12.6 Å². The maximum Gasteiger partial charge on any atom is 0.304 e. The first-order valence-electron chi connectivity index (χ1n) is 6.34. The van der Waals surface area contributed by atoms with Crippen molar-refractivity contribution in [2.24, 2.45) is 0 Å². The van der Waals surface area contributed by atoms with Crippen molar-refractivity contribution in [3.05, 3.63) is 35.6 Å². The fourth-order valence-corrected chi connectivity index (χ4v) is 3.81. The third kappa shape index (κ3) is 4.01. The van der Waals surface area contributed by atoms with Crippen molar-refractivity contribution >= 4 is 16.0 Å². The Morgan fingerprint density at radius 3 is 2.40 bits per heavy atom. The second kappa shape index (κ2) is 5.88. The summed E-state index contributed by atoms with van der Waals surface area (Å²) in [5.41, 5.74) is 0.493. The lowest BCUT2D eigenvalue weighted by atomic mass is 10.2. The number of benzene rings is 1. The molecule has 1 saturated carbocycles. The van der Waals surface area contributed by atoms with Crippen molar-refractivity contribution in [2.75, 3.05) is 6.54 Å². The number of carboxylic acid groups (broad SMARTS) is 1. The predicted molar refractivity (Wildman–Crippen MR) is 71.0 cm³/mol. The average Bonchev–Trinajstić information content (AvgIpc) is 3.16. The van der Waals surface area contributed by atoms with Crippen LogP contribution in [0.25, 0.3) is 0 Å². The minimum Gasteiger partial charge on any atom is -0.481 e. The topological polar surface area (TPSA) is 74.7 Å². The van der Waals surface area contributed by atoms with Crippen LogP contribution in [-0.2, 0) is 20.6 Å². The number of sulfonamides is 1. The minimum absolute atomic E-state index is 0.0104. The van der Waals surface area contributed by atoms with Gasteiger partial charge in [-0.2, -0.15) is 4.31 Å². The molecule has 1 aliphatic rings. The van der Waals surface area contributed by atoms with E-state index in [1.807, 2.05) is 0 Å². The van der Waals surface area contributed by atoms with Crippen molar-refractivity contribution < 1.29 is 22.7 Å². The molecule has 1 fully saturated rings. The Labute approximate surface area is 117 Å². The maximum absolute atomic E-state index is 12.8. The van der Waals surface area contributed by atoms with Gasteiger partial charge in [-0.1, -0.05) is 12.1 Å². The van der Waals surface area contributed by atoms with Crippen LogP contribution in [-0.4, -0.2) is 36.4 Å². The van der Waals surface area contributed by atoms with Crippen LogP contribution >= 0.6 is 0 Å². The van der Waals surface area contributed by atoms with E-state index in [-0.39, 0.29) is 24.8 Å². The van der Waals surface area contributed by atoms with Gasteiger partial charge < -0.3 is 5.11 Å². The second-order valence-corrected chi connectivity index (χ2v) is 6.79. The first-order chi connectivity index (χ1) is 9.38. The molecule has 0 saturated heterocycles. The molecule has 1 aromatic carbocycles. The molecule has 2 rings (SSSR count). The van der Waals surface area contributed by atoms with Crippen LogP contribution in [0.15, 0.2) is 24.3 Å². The van der Waals surface area contributed by atoms with Crippen molar-refractivity contribution in [1.29, 1.82) is 0 Å². The largest absolute Gasteiger partial charge is 0.481 e. The molecule has 20 heavy (non-hydrogen) atoms. The number of hydrogen-bond donors (Lipinski definition) is 1. The summed E-state index contributed by atoms with van der Waals surface area (Å²) in [6, 6.07) is 5.19. The van der Waals surface area contributed by atoms with Crippen molar-refractivity contribution in [3.63, 3.8) is 0 Å². The molecule has 0 spiro atoms. The molecule has 0 atom stereocenters. The molecule has 0 aromatic heterocycles. The summed E-state index contributed by atoms with van der Waals surface area (Å²) >= 11 is 0. The first-order valence-corrected chi connectivity index (χ1v) is 7.95. The molecule has 7 heteroatoms. The van der Waals surface area contributed by atoms with Gasteiger partial charge in [0.1, 0.15) is 5.82 Å². The van der Waals surface area contributed by atoms with Gasteiger partial charge in [0.05, 0.1) is 12.2 Å². The third-order valence-electron chi connectivity index (χ3n) is 3.12. The molecule has 1 N–H and O–H groups in total. The van der Waals surface area contributed by atoms with Crippen LogP contribution in [0.1, 0.15) is 24.8 Å². The quantitative estimate of drug-likeness (QED) is 0.830. The molecule has 1 aliphatic carbocycles. The molecule has 0 aliphatic heterocycles. The van der Waals surface area contributed by atoms with E-state index in [1.165, 1.54) is 28.6 Å². The number of aliphatic carboxylic acids is 1. The van der Waals surface area contributed by atoms with Crippen molar-refractivity contribution in [3.8, 4) is 0 Å². The fraction of sp³-hybridized carbons (Fsp3) is 0.462. The van der Waals surface area contributed by atoms with E-state index in [1.54, 1.807) is 0 Å². The van der Waals surface area contributed by atoms with E-state index in [0.29, 0.717) is 5.56 Å². The number of carbonyl (C=O) groups is 1. The molecule has 1 aromatic rings. The molecular formula is C13H16FNO4S. The molecule has 0 bridgehead atoms. The smallest absolute Gasteiger partial charge is 0.304 e. The predicted octanol–water partition coefficient (Wildman–Crippen LogP) is 1.59. The summed E-state index contributed by atoms with van der Waals surface area (Å²) in [5, 5.41) is 8.69. The van der Waals surface area contributed by atoms with Crippen LogP contribution in [0.3, 0.4) is 0 Å². The van der Waals surface area contributed by atoms with Gasteiger partial charge in [0.2, 0.25) is 10.0 Å². The zero-order chi connectivity index (χ0) is 14.8. The Bertz CT molecular complexity index is 581. The molecule has 0 unspecified atom stereocenters. The third-order valence-corrected chi connectivity index (χ3v) is 5.01. The molecule has 0 heterocycles. The lowest BCUT2D eigenvalue weighted by molar-refractivity contribution is -0.137. The summed E-state index contributed by atoms with van der Waals surface area (Å²) in [6.07, 6.45) is 1.32. The molecule has 5 nitrogen and oxygen atoms in total. The summed E-state index contributed by atoms with van der Waals surface area (Å²) in [6.45, 7) is -0.0104. The molecule has 110 valence electrons. The molecule has 0 amide bonds. The first kappa shape index (κ1) is 14.9. The van der Waals surface area contributed by atoms with Crippen molar-refractivity contribution in [2.45, 2.75) is 31.1 Å². The van der Waals surface area contributed by atoms with Crippen LogP contribution < -0.4 is 0 Å². The van der Waals surface area contributed by atoms with Gasteiger partial charge in [-0.15, -0.1) is 0 Å². The number of hydrogen-bond acceptors (Lipinski definition) is 3. The normalized spacial score (nSPS) is 15.5. The monoisotopic (exact) mass is 301 g/mol. The van der Waals surface area contributed by atoms with E-state index < -0.39 is 21.8 Å². The lowest BCUT2D eigenvalue weighted by Crippen LogP contribution is -2.35. The number of carboxylic acids is 1. The van der Waals surface area contributed by atoms with E-state index in [9.17, 15) is 17.6 Å². The van der Waals surface area contributed by atoms with Gasteiger partial charge >= 0.3 is 5.97 Å². The number of rotatable bonds is 7. The van der Waals surface area contributed by atoms with Gasteiger partial charge in [-0.05, 0) is 30.5 Å². The Morgan fingerprint density at radius 2 is 1.90 bits per heavy atom. The van der Waals surface area contributed by atoms with Crippen LogP contribution in [0.5, 0.6) is 0 Å². The van der Waals surface area contributed by atoms with Crippen molar-refractivity contribution in [1.82, 2.24) is 4.31 Å². The van der Waals surface area contributed by atoms with E-state index in [0.717, 1.165) is 12.8 Å². The van der Waals surface area contributed by atoms with Crippen LogP contribution in [0.4, 0.5) is 4.39 Å². The van der Waals surface area contributed by atoms with E-state index in [2.05, 4.69) is 0 Å². The highest BCUT2D eigenvalue weighted by molar-refractivity contribution is 7.88. The highest BCUT2D eigenvalue weighted by atomic mass is 32.2. The highest BCUT2D eigenvalue weighted by Crippen LogP contribution is 2.30. The standard InChI is InChI=1S/C13H16FNO4S/c14-11-3-1-10(2-4-11)9-20(18,19)15(12-5-6-12)8-7-13(16)17/h1-4,12H,5-9H2,(H,16,17). The van der Waals surface area contributed by atoms with E-state index in [4.69, 9.17) is 5.11 Å². The van der Waals surface area contributed by atoms with E-state index >= 15 is 0 Å². The lowest BCUT2D eigenvalue weighted by Gasteiger charge is -2.21. The Balaban J connectivity index is 2.09. The number of nitrogens with zero attached hydrogens (tertiary/aromatic N) is 1. The Morgan fingerprint density at radius 1 is 1.30 bits per heavy atom. The van der Waals surface area contributed by atoms with Gasteiger partial charge in [-0.25, -0.2) is 12.8 Å². The second-order valence-electron chi connectivity index (χ2n) is 4.87. The molecular weight excluding hydrogens is 285 g/mol. The Hall–Kier alpha value is -1.47. The van der Waals surface area contributed by atoms with Gasteiger partial charge in [0.25, 0.3) is 0 Å². The Kier molecular flexibility index (Phi) is 4.39. The minimum atomic E-state index is -3.57. The zero-order valence-corrected chi connectivity index (χ0v) is 11.6. The maximum atomic E-state index is 12.8. The highest BCUT2D eigenvalue weighted by Gasteiger charge is 2.37. The van der Waals surface area contributed by atoms with Gasteiger partial charge in [0.15, 0.2) is 0 Å². The SMILES string of the molecule is O=C(O)CCN(C1CC1)S(=O)(=O)Cc1ccc(F)cc1. The molecule has 0 radical (unpaired) electrons. The number of halogens is 1. The summed E-state index contributed by atoms with van der Waals surface area (Å²) in [5.74, 6) is -1.67. The summed E-state index contributed by atoms with van der Waals surface area (Å²) in [4.78, 5) is 10.6. The zero-order valence-electron chi connectivity index (χ0n) is 10.8. The van der Waals surface area contributed by atoms with Crippen LogP contribution in [0, 0.1) is 5.82 Å². The summed E-state index contributed by atoms with van der Waals surface area (Å²) in [7, 11) is -3.57. The fourth-order valence-electron chi connectivity index (χ4n) is 1.99. The average molecular weight is 301 g/mol. The van der Waals surface area contributed by atoms with Gasteiger partial charge in [-0.3, -0.25) is 4.79 Å².